The highest BCUT2D eigenvalue weighted by atomic mass is 32.1. The summed E-state index contributed by atoms with van der Waals surface area (Å²) < 4.78 is 13.0. The van der Waals surface area contributed by atoms with Gasteiger partial charge in [-0.15, -0.1) is 11.3 Å². The molecule has 0 radical (unpaired) electrons. The van der Waals surface area contributed by atoms with Crippen LogP contribution < -0.4 is 14.8 Å². The molecular weight excluding hydrogens is 424 g/mol. The number of nitrogens with one attached hydrogen (secondary N) is 1. The van der Waals surface area contributed by atoms with Gasteiger partial charge in [-0.3, -0.25) is 10.1 Å². The number of ether oxygens (including phenoxy) is 2. The van der Waals surface area contributed by atoms with E-state index in [-0.39, 0.29) is 12.4 Å². The zero-order valence-electron chi connectivity index (χ0n) is 17.2. The third-order valence-electron chi connectivity index (χ3n) is 5.11. The molecule has 1 N–H and O–H groups in total. The summed E-state index contributed by atoms with van der Waals surface area (Å²) in [6.45, 7) is 2.69. The van der Waals surface area contributed by atoms with Gasteiger partial charge in [-0.25, -0.2) is 4.98 Å². The topological polar surface area (TPSA) is 89.2 Å². The lowest BCUT2D eigenvalue weighted by Gasteiger charge is -2.06. The van der Waals surface area contributed by atoms with Gasteiger partial charge in [0.25, 0.3) is 5.91 Å². The Labute approximate surface area is 188 Å². The molecule has 0 aliphatic carbocycles. The van der Waals surface area contributed by atoms with Crippen molar-refractivity contribution in [2.24, 2.45) is 0 Å². The molecule has 0 saturated heterocycles. The zero-order valence-corrected chi connectivity index (χ0v) is 18.0. The number of carbonyl (C=O) groups is 1. The molecule has 158 valence electrons. The minimum Gasteiger partial charge on any atom is -0.454 e. The van der Waals surface area contributed by atoms with Crippen molar-refractivity contribution < 1.29 is 14.3 Å². The maximum absolute atomic E-state index is 12.6. The summed E-state index contributed by atoms with van der Waals surface area (Å²) in [6.07, 6.45) is 3.57. The number of hydrogen-bond donors (Lipinski definition) is 1. The number of anilines is 1. The predicted octanol–water partition coefficient (Wildman–Crippen LogP) is 4.73. The molecule has 4 aromatic rings. The largest absolute Gasteiger partial charge is 0.454 e. The van der Waals surface area contributed by atoms with E-state index >= 15 is 0 Å². The Hall–Kier alpha value is -4.09. The molecule has 0 saturated carbocycles. The van der Waals surface area contributed by atoms with Crippen molar-refractivity contribution in [1.29, 1.82) is 5.26 Å². The number of aromatic nitrogens is 2. The lowest BCUT2D eigenvalue weighted by atomic mass is 10.1. The van der Waals surface area contributed by atoms with Crippen LogP contribution in [0.5, 0.6) is 11.5 Å². The van der Waals surface area contributed by atoms with E-state index < -0.39 is 5.91 Å². The van der Waals surface area contributed by atoms with Gasteiger partial charge in [-0.1, -0.05) is 24.3 Å². The molecule has 5 rings (SSSR count). The molecule has 1 amide bonds. The molecule has 1 aliphatic rings. The van der Waals surface area contributed by atoms with Gasteiger partial charge in [-0.2, -0.15) is 5.26 Å². The highest BCUT2D eigenvalue weighted by molar-refractivity contribution is 7.13. The van der Waals surface area contributed by atoms with Gasteiger partial charge >= 0.3 is 0 Å². The maximum atomic E-state index is 12.6. The van der Waals surface area contributed by atoms with Crippen LogP contribution in [0.3, 0.4) is 0 Å². The summed E-state index contributed by atoms with van der Waals surface area (Å²) in [5.74, 6) is 1.00. The summed E-state index contributed by atoms with van der Waals surface area (Å²) in [4.78, 5) is 16.9. The SMILES string of the molecule is Cc1csc(NC(=O)/C(C#N)=C\c2cn(Cc3ccc4c(c3)OCO4)c3ccccc23)n1. The first-order valence-electron chi connectivity index (χ1n) is 9.92. The van der Waals surface area contributed by atoms with Crippen molar-refractivity contribution in [2.45, 2.75) is 13.5 Å². The molecule has 0 spiro atoms. The molecule has 2 aromatic carbocycles. The standard InChI is InChI=1S/C24H18N4O3S/c1-15-13-32-24(26-15)27-23(29)17(10-25)9-18-12-28(20-5-3-2-4-19(18)20)11-16-6-7-21-22(8-16)31-14-30-21/h2-9,12-13H,11,14H2,1H3,(H,26,27,29)/b17-9-. The predicted molar refractivity (Wildman–Crippen MR) is 123 cm³/mol. The minimum atomic E-state index is -0.477. The van der Waals surface area contributed by atoms with Crippen LogP contribution in [0.1, 0.15) is 16.8 Å². The molecule has 2 aromatic heterocycles. The van der Waals surface area contributed by atoms with E-state index in [1.807, 2.05) is 67.0 Å². The van der Waals surface area contributed by atoms with Crippen LogP contribution in [0.25, 0.3) is 17.0 Å². The summed E-state index contributed by atoms with van der Waals surface area (Å²) in [5, 5.41) is 15.6. The highest BCUT2D eigenvalue weighted by Gasteiger charge is 2.16. The Morgan fingerprint density at radius 1 is 1.28 bits per heavy atom. The molecule has 0 atom stereocenters. The van der Waals surface area contributed by atoms with E-state index in [0.717, 1.165) is 39.2 Å². The van der Waals surface area contributed by atoms with E-state index in [0.29, 0.717) is 11.7 Å². The third-order valence-corrected chi connectivity index (χ3v) is 5.99. The van der Waals surface area contributed by atoms with Crippen LogP contribution in [0.2, 0.25) is 0 Å². The van der Waals surface area contributed by atoms with E-state index in [2.05, 4.69) is 14.9 Å². The Bertz CT molecular complexity index is 1410. The van der Waals surface area contributed by atoms with Gasteiger partial charge in [0.1, 0.15) is 11.6 Å². The van der Waals surface area contributed by atoms with E-state index in [4.69, 9.17) is 9.47 Å². The molecule has 0 bridgehead atoms. The molecular formula is C24H18N4O3S. The fourth-order valence-corrected chi connectivity index (χ4v) is 4.32. The fourth-order valence-electron chi connectivity index (χ4n) is 3.64. The van der Waals surface area contributed by atoms with Crippen LogP contribution >= 0.6 is 11.3 Å². The molecule has 0 unspecified atom stereocenters. The smallest absolute Gasteiger partial charge is 0.268 e. The van der Waals surface area contributed by atoms with Crippen molar-refractivity contribution in [3.05, 3.63) is 76.4 Å². The Balaban J connectivity index is 1.47. The van der Waals surface area contributed by atoms with Crippen LogP contribution in [0, 0.1) is 18.3 Å². The van der Waals surface area contributed by atoms with Gasteiger partial charge in [0.15, 0.2) is 16.6 Å². The van der Waals surface area contributed by atoms with Gasteiger partial charge in [-0.05, 0) is 36.8 Å². The van der Waals surface area contributed by atoms with Crippen LogP contribution in [0.15, 0.2) is 59.6 Å². The first kappa shape index (κ1) is 19.8. The Morgan fingerprint density at radius 3 is 2.94 bits per heavy atom. The highest BCUT2D eigenvalue weighted by Crippen LogP contribution is 2.33. The normalized spacial score (nSPS) is 12.7. The summed E-state index contributed by atoms with van der Waals surface area (Å²) in [7, 11) is 0. The van der Waals surface area contributed by atoms with Crippen molar-refractivity contribution >= 4 is 39.4 Å². The lowest BCUT2D eigenvalue weighted by molar-refractivity contribution is -0.112. The number of nitriles is 1. The Kier molecular flexibility index (Phi) is 5.09. The maximum Gasteiger partial charge on any atom is 0.268 e. The number of thiazole rings is 1. The Morgan fingerprint density at radius 2 is 2.12 bits per heavy atom. The van der Waals surface area contributed by atoms with Crippen LogP contribution in [0.4, 0.5) is 5.13 Å². The molecule has 7 nitrogen and oxygen atoms in total. The summed E-state index contributed by atoms with van der Waals surface area (Å²) >= 11 is 1.33. The van der Waals surface area contributed by atoms with Gasteiger partial charge in [0, 0.05) is 34.6 Å². The fraction of sp³-hybridized carbons (Fsp3) is 0.125. The molecule has 8 heteroatoms. The van der Waals surface area contributed by atoms with Crippen molar-refractivity contribution in [3.8, 4) is 17.6 Å². The number of nitrogens with zero attached hydrogens (tertiary/aromatic N) is 3. The summed E-state index contributed by atoms with van der Waals surface area (Å²) in [5.41, 5.74) is 3.69. The first-order chi connectivity index (χ1) is 15.6. The van der Waals surface area contributed by atoms with E-state index in [9.17, 15) is 10.1 Å². The molecule has 1 aliphatic heterocycles. The quantitative estimate of drug-likeness (QED) is 0.357. The number of carbonyl (C=O) groups excluding carboxylic acids is 1. The van der Waals surface area contributed by atoms with Crippen LogP contribution in [-0.2, 0) is 11.3 Å². The first-order valence-corrected chi connectivity index (χ1v) is 10.8. The minimum absolute atomic E-state index is 0.0174. The number of para-hydroxylation sites is 1. The van der Waals surface area contributed by atoms with Gasteiger partial charge in [0.05, 0.1) is 5.69 Å². The second-order valence-corrected chi connectivity index (χ2v) is 8.19. The number of benzene rings is 2. The number of aryl methyl sites for hydroxylation is 1. The van der Waals surface area contributed by atoms with Gasteiger partial charge in [0.2, 0.25) is 6.79 Å². The van der Waals surface area contributed by atoms with E-state index in [1.54, 1.807) is 6.08 Å². The second-order valence-electron chi connectivity index (χ2n) is 7.34. The molecule has 32 heavy (non-hydrogen) atoms. The average Bonchev–Trinajstić information content (AvgIpc) is 3.51. The molecule has 0 fully saturated rings. The third kappa shape index (κ3) is 3.82. The van der Waals surface area contributed by atoms with Crippen molar-refractivity contribution in [1.82, 2.24) is 9.55 Å². The molecule has 3 heterocycles. The van der Waals surface area contributed by atoms with Crippen molar-refractivity contribution in [3.63, 3.8) is 0 Å². The number of hydrogen-bond acceptors (Lipinski definition) is 6. The van der Waals surface area contributed by atoms with Gasteiger partial charge < -0.3 is 14.0 Å². The second kappa shape index (κ2) is 8.21. The number of rotatable bonds is 5. The van der Waals surface area contributed by atoms with E-state index in [1.165, 1.54) is 11.3 Å². The number of fused-ring (bicyclic) bond motifs is 2. The zero-order chi connectivity index (χ0) is 22.1. The monoisotopic (exact) mass is 442 g/mol. The lowest BCUT2D eigenvalue weighted by Crippen LogP contribution is -2.13. The van der Waals surface area contributed by atoms with Crippen molar-refractivity contribution in [2.75, 3.05) is 12.1 Å². The number of amides is 1. The van der Waals surface area contributed by atoms with Crippen LogP contribution in [-0.4, -0.2) is 22.3 Å². The average molecular weight is 443 g/mol. The summed E-state index contributed by atoms with van der Waals surface area (Å²) in [6, 6.07) is 15.8.